The molecule has 2 aromatic carbocycles. The third kappa shape index (κ3) is 1.47. The monoisotopic (exact) mass is 269 g/mol. The zero-order valence-electron chi connectivity index (χ0n) is 9.75. The van der Waals surface area contributed by atoms with Crippen LogP contribution in [0.3, 0.4) is 0 Å². The van der Waals surface area contributed by atoms with Gasteiger partial charge in [0.05, 0.1) is 10.5 Å². The van der Waals surface area contributed by atoms with Crippen molar-refractivity contribution in [2.24, 2.45) is 0 Å². The zero-order valence-corrected chi connectivity index (χ0v) is 10.5. The van der Waals surface area contributed by atoms with Crippen LogP contribution in [0.5, 0.6) is 0 Å². The Balaban J connectivity index is 2.13. The molecule has 0 aliphatic rings. The molecule has 0 unspecified atom stereocenters. The summed E-state index contributed by atoms with van der Waals surface area (Å²) in [6.45, 7) is 0. The summed E-state index contributed by atoms with van der Waals surface area (Å²) in [6.07, 6.45) is 0. The minimum Gasteiger partial charge on any atom is -0.422 e. The lowest BCUT2D eigenvalue weighted by molar-refractivity contribution is 0.637. The first-order chi connectivity index (χ1) is 9.34. The Morgan fingerprint density at radius 1 is 0.947 bits per heavy atom. The molecule has 4 aromatic rings. The van der Waals surface area contributed by atoms with Crippen molar-refractivity contribution in [1.29, 1.82) is 0 Å². The molecule has 2 heterocycles. The van der Waals surface area contributed by atoms with E-state index in [0.29, 0.717) is 16.7 Å². The van der Waals surface area contributed by atoms with Crippen LogP contribution in [0.25, 0.3) is 28.3 Å². The van der Waals surface area contributed by atoms with Crippen molar-refractivity contribution in [3.05, 3.63) is 53.6 Å². The number of oxazole rings is 1. The van der Waals surface area contributed by atoms with Crippen LogP contribution in [0, 0.1) is 0 Å². The molecule has 4 rings (SSSR count). The first-order valence-electron chi connectivity index (χ1n) is 5.82. The van der Waals surface area contributed by atoms with Gasteiger partial charge in [0, 0.05) is 5.56 Å². The fourth-order valence-electron chi connectivity index (χ4n) is 2.20. The number of benzene rings is 2. The van der Waals surface area contributed by atoms with Gasteiger partial charge in [-0.1, -0.05) is 41.0 Å². The van der Waals surface area contributed by atoms with E-state index in [1.165, 1.54) is 0 Å². The molecule has 0 aliphatic heterocycles. The molecule has 0 fully saturated rings. The van der Waals surface area contributed by atoms with Gasteiger partial charge in [-0.15, -0.1) is 5.10 Å². The van der Waals surface area contributed by atoms with Gasteiger partial charge in [-0.3, -0.25) is 0 Å². The zero-order chi connectivity index (χ0) is 12.8. The van der Waals surface area contributed by atoms with Crippen LogP contribution in [0.4, 0.5) is 0 Å². The first kappa shape index (κ1) is 10.6. The van der Waals surface area contributed by atoms with Gasteiger partial charge in [0.25, 0.3) is 0 Å². The fraction of sp³-hybridized carbons (Fsp3) is 0. The molecule has 0 spiro atoms. The predicted octanol–water partition coefficient (Wildman–Crippen LogP) is 3.80. The summed E-state index contributed by atoms with van der Waals surface area (Å²) in [4.78, 5) is 0. The van der Waals surface area contributed by atoms with Crippen LogP contribution >= 0.6 is 11.6 Å². The summed E-state index contributed by atoms with van der Waals surface area (Å²) < 4.78 is 7.51. The summed E-state index contributed by atoms with van der Waals surface area (Å²) in [5, 5.41) is 8.87. The van der Waals surface area contributed by atoms with E-state index >= 15 is 0 Å². The molecule has 0 aliphatic carbocycles. The van der Waals surface area contributed by atoms with E-state index in [0.717, 1.165) is 16.7 Å². The van der Waals surface area contributed by atoms with Crippen molar-refractivity contribution >= 4 is 28.5 Å². The molecule has 19 heavy (non-hydrogen) atoms. The van der Waals surface area contributed by atoms with Crippen LogP contribution in [0.15, 0.2) is 52.9 Å². The van der Waals surface area contributed by atoms with Crippen molar-refractivity contribution in [3.8, 4) is 11.4 Å². The van der Waals surface area contributed by atoms with Gasteiger partial charge >= 0.3 is 5.84 Å². The Bertz CT molecular complexity index is 894. The quantitative estimate of drug-likeness (QED) is 0.528. The highest BCUT2D eigenvalue weighted by atomic mass is 35.5. The second-order valence-corrected chi connectivity index (χ2v) is 4.60. The van der Waals surface area contributed by atoms with E-state index < -0.39 is 0 Å². The highest BCUT2D eigenvalue weighted by molar-refractivity contribution is 6.33. The molecule has 0 amide bonds. The van der Waals surface area contributed by atoms with E-state index in [4.69, 9.17) is 16.0 Å². The van der Waals surface area contributed by atoms with E-state index in [2.05, 4.69) is 10.2 Å². The minimum absolute atomic E-state index is 0.469. The van der Waals surface area contributed by atoms with Gasteiger partial charge in [0.2, 0.25) is 0 Å². The molecule has 0 N–H and O–H groups in total. The SMILES string of the molecule is Clc1ccccc1-c1nnc2oc3ccccc3n12. The smallest absolute Gasteiger partial charge is 0.327 e. The van der Waals surface area contributed by atoms with Crippen molar-refractivity contribution < 1.29 is 4.42 Å². The lowest BCUT2D eigenvalue weighted by Gasteiger charge is -2.00. The van der Waals surface area contributed by atoms with Crippen LogP contribution in [-0.2, 0) is 0 Å². The number of nitrogens with zero attached hydrogens (tertiary/aromatic N) is 3. The molecule has 4 nitrogen and oxygen atoms in total. The van der Waals surface area contributed by atoms with E-state index in [9.17, 15) is 0 Å². The summed E-state index contributed by atoms with van der Waals surface area (Å²) in [6, 6.07) is 15.3. The largest absolute Gasteiger partial charge is 0.422 e. The average molecular weight is 270 g/mol. The lowest BCUT2D eigenvalue weighted by Crippen LogP contribution is -1.88. The van der Waals surface area contributed by atoms with Gasteiger partial charge in [-0.25, -0.2) is 4.40 Å². The Morgan fingerprint density at radius 2 is 1.74 bits per heavy atom. The molecule has 2 aromatic heterocycles. The third-order valence-corrected chi connectivity index (χ3v) is 3.39. The van der Waals surface area contributed by atoms with Crippen molar-refractivity contribution in [3.63, 3.8) is 0 Å². The number of hydrogen-bond acceptors (Lipinski definition) is 3. The summed E-state index contributed by atoms with van der Waals surface area (Å²) in [5.41, 5.74) is 2.54. The minimum atomic E-state index is 0.469. The van der Waals surface area contributed by atoms with Gasteiger partial charge in [0.1, 0.15) is 0 Å². The highest BCUT2D eigenvalue weighted by Gasteiger charge is 2.16. The fourth-order valence-corrected chi connectivity index (χ4v) is 2.42. The number of para-hydroxylation sites is 2. The summed E-state index contributed by atoms with van der Waals surface area (Å²) >= 11 is 6.22. The molecular weight excluding hydrogens is 262 g/mol. The second-order valence-electron chi connectivity index (χ2n) is 4.19. The Labute approximate surface area is 113 Å². The number of halogens is 1. The third-order valence-electron chi connectivity index (χ3n) is 3.06. The standard InChI is InChI=1S/C14H8ClN3O/c15-10-6-2-1-5-9(10)13-16-17-14-18(13)11-7-3-4-8-12(11)19-14/h1-8H. The normalized spacial score (nSPS) is 11.4. The maximum atomic E-state index is 6.22. The maximum absolute atomic E-state index is 6.22. The number of rotatable bonds is 1. The Hall–Kier alpha value is -2.33. The van der Waals surface area contributed by atoms with Crippen molar-refractivity contribution in [1.82, 2.24) is 14.6 Å². The predicted molar refractivity (Wildman–Crippen MR) is 73.2 cm³/mol. The molecule has 5 heteroatoms. The summed E-state index contributed by atoms with van der Waals surface area (Å²) in [5.74, 6) is 1.15. The number of hydrogen-bond donors (Lipinski definition) is 0. The molecule has 0 saturated carbocycles. The molecule has 92 valence electrons. The van der Waals surface area contributed by atoms with Crippen LogP contribution in [0.2, 0.25) is 5.02 Å². The summed E-state index contributed by atoms with van der Waals surface area (Å²) in [7, 11) is 0. The molecular formula is C14H8ClN3O. The van der Waals surface area contributed by atoms with Crippen molar-refractivity contribution in [2.75, 3.05) is 0 Å². The van der Waals surface area contributed by atoms with Gasteiger partial charge in [0.15, 0.2) is 11.4 Å². The maximum Gasteiger partial charge on any atom is 0.327 e. The second kappa shape index (κ2) is 3.83. The average Bonchev–Trinajstić information content (AvgIpc) is 2.98. The first-order valence-corrected chi connectivity index (χ1v) is 6.20. The van der Waals surface area contributed by atoms with Crippen LogP contribution in [0.1, 0.15) is 0 Å². The van der Waals surface area contributed by atoms with Crippen LogP contribution in [-0.4, -0.2) is 14.6 Å². The van der Waals surface area contributed by atoms with Gasteiger partial charge in [-0.05, 0) is 24.3 Å². The number of fused-ring (bicyclic) bond motifs is 3. The van der Waals surface area contributed by atoms with Gasteiger partial charge < -0.3 is 4.42 Å². The molecule has 0 saturated heterocycles. The molecule has 0 atom stereocenters. The van der Waals surface area contributed by atoms with E-state index in [1.807, 2.05) is 52.9 Å². The van der Waals surface area contributed by atoms with Crippen LogP contribution < -0.4 is 0 Å². The Kier molecular flexibility index (Phi) is 2.13. The highest BCUT2D eigenvalue weighted by Crippen LogP contribution is 2.29. The van der Waals surface area contributed by atoms with Gasteiger partial charge in [-0.2, -0.15) is 0 Å². The lowest BCUT2D eigenvalue weighted by atomic mass is 10.2. The number of aromatic nitrogens is 3. The molecule has 0 bridgehead atoms. The van der Waals surface area contributed by atoms with Crippen molar-refractivity contribution in [2.45, 2.75) is 0 Å². The topological polar surface area (TPSA) is 43.3 Å². The molecule has 0 radical (unpaired) electrons. The Morgan fingerprint density at radius 3 is 2.63 bits per heavy atom. The van der Waals surface area contributed by atoms with E-state index in [1.54, 1.807) is 0 Å². The van der Waals surface area contributed by atoms with E-state index in [-0.39, 0.29) is 0 Å².